The number of imide groups is 1. The molecule has 8 heteroatoms. The van der Waals surface area contributed by atoms with Crippen molar-refractivity contribution >= 4 is 40.6 Å². The Morgan fingerprint density at radius 2 is 2.04 bits per heavy atom. The predicted molar refractivity (Wildman–Crippen MR) is 98.9 cm³/mol. The van der Waals surface area contributed by atoms with Crippen LogP contribution in [-0.2, 0) is 19.1 Å². The zero-order valence-corrected chi connectivity index (χ0v) is 15.5. The number of esters is 1. The van der Waals surface area contributed by atoms with Crippen molar-refractivity contribution in [2.24, 2.45) is 0 Å². The van der Waals surface area contributed by atoms with Crippen molar-refractivity contribution in [2.45, 2.75) is 6.92 Å². The maximum absolute atomic E-state index is 12.4. The predicted octanol–water partition coefficient (Wildman–Crippen LogP) is 2.04. The summed E-state index contributed by atoms with van der Waals surface area (Å²) in [6.45, 7) is 4.74. The molecule has 7 nitrogen and oxygen atoms in total. The molecule has 26 heavy (non-hydrogen) atoms. The number of thioether (sulfide) groups is 1. The van der Waals surface area contributed by atoms with Crippen molar-refractivity contribution in [3.8, 4) is 0 Å². The molecule has 0 radical (unpaired) electrons. The number of carbonyl (C=O) groups is 3. The third-order valence-corrected chi connectivity index (χ3v) is 5.21. The third kappa shape index (κ3) is 3.91. The van der Waals surface area contributed by atoms with Gasteiger partial charge in [-0.3, -0.25) is 19.3 Å². The zero-order chi connectivity index (χ0) is 18.7. The summed E-state index contributed by atoms with van der Waals surface area (Å²) in [5.74, 6) is -1.10. The Labute approximate surface area is 155 Å². The highest BCUT2D eigenvalue weighted by molar-refractivity contribution is 8.18. The molecule has 0 N–H and O–H groups in total. The highest BCUT2D eigenvalue weighted by Crippen LogP contribution is 2.33. The van der Waals surface area contributed by atoms with E-state index in [1.807, 2.05) is 19.1 Å². The van der Waals surface area contributed by atoms with Gasteiger partial charge in [-0.05, 0) is 48.0 Å². The number of hydrogen-bond acceptors (Lipinski definition) is 7. The number of amides is 2. The molecule has 2 amide bonds. The van der Waals surface area contributed by atoms with Crippen LogP contribution in [0.1, 0.15) is 11.1 Å². The van der Waals surface area contributed by atoms with Gasteiger partial charge < -0.3 is 14.4 Å². The SMILES string of the molecule is COC(=O)CN1C(=O)S/C(=C/c2ccc(N3CCOCC3)cc2C)C1=O. The van der Waals surface area contributed by atoms with E-state index in [1.165, 1.54) is 7.11 Å². The molecule has 2 saturated heterocycles. The van der Waals surface area contributed by atoms with Crippen LogP contribution in [0.3, 0.4) is 0 Å². The van der Waals surface area contributed by atoms with E-state index in [9.17, 15) is 14.4 Å². The molecule has 0 spiro atoms. The Morgan fingerprint density at radius 3 is 2.69 bits per heavy atom. The quantitative estimate of drug-likeness (QED) is 0.588. The molecular formula is C18H20N2O5S. The van der Waals surface area contributed by atoms with Crippen molar-refractivity contribution in [2.75, 3.05) is 44.9 Å². The molecule has 138 valence electrons. The first kappa shape index (κ1) is 18.5. The van der Waals surface area contributed by atoms with Crippen molar-refractivity contribution in [3.63, 3.8) is 0 Å². The van der Waals surface area contributed by atoms with Crippen LogP contribution < -0.4 is 4.90 Å². The number of nitrogens with zero attached hydrogens (tertiary/aromatic N) is 2. The van der Waals surface area contributed by atoms with Crippen LogP contribution in [0.4, 0.5) is 10.5 Å². The van der Waals surface area contributed by atoms with Crippen molar-refractivity contribution in [1.82, 2.24) is 4.90 Å². The van der Waals surface area contributed by atoms with Crippen molar-refractivity contribution in [1.29, 1.82) is 0 Å². The van der Waals surface area contributed by atoms with E-state index in [0.29, 0.717) is 18.1 Å². The lowest BCUT2D eigenvalue weighted by molar-refractivity contribution is -0.143. The second kappa shape index (κ2) is 7.92. The molecule has 3 rings (SSSR count). The largest absolute Gasteiger partial charge is 0.468 e. The lowest BCUT2D eigenvalue weighted by Gasteiger charge is -2.29. The van der Waals surface area contributed by atoms with Crippen LogP contribution >= 0.6 is 11.8 Å². The fourth-order valence-electron chi connectivity index (χ4n) is 2.81. The number of hydrogen-bond donors (Lipinski definition) is 0. The topological polar surface area (TPSA) is 76.2 Å². The molecule has 2 fully saturated rings. The first-order valence-corrected chi connectivity index (χ1v) is 9.07. The smallest absolute Gasteiger partial charge is 0.325 e. The van der Waals surface area contributed by atoms with E-state index < -0.39 is 17.1 Å². The molecule has 0 unspecified atom stereocenters. The van der Waals surface area contributed by atoms with Crippen LogP contribution in [0, 0.1) is 6.92 Å². The fourth-order valence-corrected chi connectivity index (χ4v) is 3.64. The Morgan fingerprint density at radius 1 is 1.31 bits per heavy atom. The minimum Gasteiger partial charge on any atom is -0.468 e. The van der Waals surface area contributed by atoms with Gasteiger partial charge in [0.05, 0.1) is 25.2 Å². The molecule has 0 bridgehead atoms. The molecule has 2 aliphatic rings. The number of carbonyl (C=O) groups excluding carboxylic acids is 3. The minimum atomic E-state index is -0.625. The Kier molecular flexibility index (Phi) is 5.63. The van der Waals surface area contributed by atoms with Gasteiger partial charge in [-0.1, -0.05) is 6.07 Å². The summed E-state index contributed by atoms with van der Waals surface area (Å²) in [6, 6.07) is 6.01. The van der Waals surface area contributed by atoms with Gasteiger partial charge in [0, 0.05) is 18.8 Å². The summed E-state index contributed by atoms with van der Waals surface area (Å²) >= 11 is 0.834. The standard InChI is InChI=1S/C18H20N2O5S/c1-12-9-14(19-5-7-25-8-6-19)4-3-13(12)10-15-17(22)20(18(23)26-15)11-16(21)24-2/h3-4,9-10H,5-8,11H2,1-2H3/b15-10+. The molecule has 0 aromatic heterocycles. The van der Waals surface area contributed by atoms with E-state index >= 15 is 0 Å². The molecule has 2 aliphatic heterocycles. The number of anilines is 1. The van der Waals surface area contributed by atoms with Crippen molar-refractivity contribution < 1.29 is 23.9 Å². The lowest BCUT2D eigenvalue weighted by atomic mass is 10.1. The fraction of sp³-hybridized carbons (Fsp3) is 0.389. The van der Waals surface area contributed by atoms with E-state index in [4.69, 9.17) is 4.74 Å². The van der Waals surface area contributed by atoms with Gasteiger partial charge >= 0.3 is 5.97 Å². The van der Waals surface area contributed by atoms with Crippen LogP contribution in [-0.4, -0.2) is 62.0 Å². The maximum Gasteiger partial charge on any atom is 0.325 e. The number of methoxy groups -OCH3 is 1. The maximum atomic E-state index is 12.4. The van der Waals surface area contributed by atoms with Crippen LogP contribution in [0.25, 0.3) is 6.08 Å². The average molecular weight is 376 g/mol. The highest BCUT2D eigenvalue weighted by Gasteiger charge is 2.36. The van der Waals surface area contributed by atoms with Gasteiger partial charge in [-0.25, -0.2) is 0 Å². The number of ether oxygens (including phenoxy) is 2. The Hall–Kier alpha value is -2.32. The van der Waals surface area contributed by atoms with Gasteiger partial charge in [0.25, 0.3) is 11.1 Å². The number of rotatable bonds is 4. The van der Waals surface area contributed by atoms with E-state index in [2.05, 4.69) is 15.7 Å². The van der Waals surface area contributed by atoms with E-state index in [-0.39, 0.29) is 6.54 Å². The molecule has 2 heterocycles. The molecule has 1 aromatic rings. The zero-order valence-electron chi connectivity index (χ0n) is 14.7. The summed E-state index contributed by atoms with van der Waals surface area (Å²) in [4.78, 5) is 39.2. The summed E-state index contributed by atoms with van der Waals surface area (Å²) in [5, 5.41) is -0.464. The normalized spacial score (nSPS) is 19.4. The number of morpholine rings is 1. The second-order valence-corrected chi connectivity index (χ2v) is 6.98. The molecule has 0 saturated carbocycles. The summed E-state index contributed by atoms with van der Waals surface area (Å²) < 4.78 is 9.90. The number of benzene rings is 1. The average Bonchev–Trinajstić information content (AvgIpc) is 2.91. The van der Waals surface area contributed by atoms with Gasteiger partial charge in [0.15, 0.2) is 0 Å². The lowest BCUT2D eigenvalue weighted by Crippen LogP contribution is -2.36. The van der Waals surface area contributed by atoms with Gasteiger partial charge in [0.1, 0.15) is 6.54 Å². The highest BCUT2D eigenvalue weighted by atomic mass is 32.2. The van der Waals surface area contributed by atoms with E-state index in [1.54, 1.807) is 6.08 Å². The van der Waals surface area contributed by atoms with Crippen LogP contribution in [0.2, 0.25) is 0 Å². The molecule has 1 aromatic carbocycles. The van der Waals surface area contributed by atoms with Gasteiger partial charge in [-0.2, -0.15) is 0 Å². The minimum absolute atomic E-state index is 0.307. The Bertz CT molecular complexity index is 771. The van der Waals surface area contributed by atoms with E-state index in [0.717, 1.165) is 46.6 Å². The van der Waals surface area contributed by atoms with Crippen LogP contribution in [0.15, 0.2) is 23.1 Å². The Balaban J connectivity index is 1.78. The van der Waals surface area contributed by atoms with Crippen LogP contribution in [0.5, 0.6) is 0 Å². The number of aryl methyl sites for hydroxylation is 1. The second-order valence-electron chi connectivity index (χ2n) is 5.98. The van der Waals surface area contributed by atoms with Gasteiger partial charge in [-0.15, -0.1) is 0 Å². The first-order chi connectivity index (χ1) is 12.5. The molecule has 0 aliphatic carbocycles. The summed E-state index contributed by atoms with van der Waals surface area (Å²) in [7, 11) is 1.22. The van der Waals surface area contributed by atoms with Crippen molar-refractivity contribution in [3.05, 3.63) is 34.2 Å². The van der Waals surface area contributed by atoms with Gasteiger partial charge in [0.2, 0.25) is 0 Å². The third-order valence-electron chi connectivity index (χ3n) is 4.30. The first-order valence-electron chi connectivity index (χ1n) is 8.25. The summed E-state index contributed by atoms with van der Waals surface area (Å²) in [5.41, 5.74) is 2.99. The summed E-state index contributed by atoms with van der Waals surface area (Å²) in [6.07, 6.45) is 1.70. The monoisotopic (exact) mass is 376 g/mol. The molecular weight excluding hydrogens is 356 g/mol. The molecule has 0 atom stereocenters.